The molecule has 1 aromatic heterocycles. The molecule has 0 N–H and O–H groups in total. The number of halogens is 1. The van der Waals surface area contributed by atoms with Crippen LogP contribution in [0.4, 0.5) is 0 Å². The summed E-state index contributed by atoms with van der Waals surface area (Å²) in [6.07, 6.45) is 1.93. The molecule has 1 aliphatic rings. The molecule has 0 saturated heterocycles. The third-order valence-electron chi connectivity index (χ3n) is 5.65. The Morgan fingerprint density at radius 2 is 1.54 bits per heavy atom. The Morgan fingerprint density at radius 3 is 2.20 bits per heavy atom. The van der Waals surface area contributed by atoms with Gasteiger partial charge in [0, 0.05) is 32.8 Å². The van der Waals surface area contributed by atoms with Gasteiger partial charge >= 0.3 is 0 Å². The summed E-state index contributed by atoms with van der Waals surface area (Å²) >= 11 is 9.71. The van der Waals surface area contributed by atoms with Crippen LogP contribution in [0.5, 0.6) is 11.5 Å². The van der Waals surface area contributed by atoms with Crippen molar-refractivity contribution in [3.8, 4) is 28.4 Å². The summed E-state index contributed by atoms with van der Waals surface area (Å²) in [7, 11) is 3.35. The molecule has 0 amide bonds. The number of ether oxygens (including phenoxy) is 2. The number of imidazole rings is 1. The van der Waals surface area contributed by atoms with Crippen molar-refractivity contribution in [2.75, 3.05) is 26.5 Å². The number of thioether (sulfide) groups is 2. The third kappa shape index (κ3) is 5.37. The summed E-state index contributed by atoms with van der Waals surface area (Å²) in [5, 5.41) is 3.12. The summed E-state index contributed by atoms with van der Waals surface area (Å²) in [5.74, 6) is 2.58. The van der Waals surface area contributed by atoms with E-state index in [-0.39, 0.29) is 0 Å². The van der Waals surface area contributed by atoms with E-state index in [1.54, 1.807) is 26.0 Å². The first-order valence-electron chi connectivity index (χ1n) is 11.1. The highest BCUT2D eigenvalue weighted by Gasteiger charge is 2.23. The molecule has 0 radical (unpaired) electrons. The molecular formula is C27H24ClN3O2S2. The smallest absolute Gasteiger partial charge is 0.173 e. The predicted molar refractivity (Wildman–Crippen MR) is 147 cm³/mol. The molecule has 8 heteroatoms. The topological polar surface area (TPSA) is 48.6 Å². The molecule has 0 aliphatic carbocycles. The van der Waals surface area contributed by atoms with E-state index < -0.39 is 0 Å². The molecule has 0 bridgehead atoms. The molecule has 1 unspecified atom stereocenters. The number of hydrogen-bond acceptors (Lipinski definition) is 6. The second kappa shape index (κ2) is 10.8. The van der Waals surface area contributed by atoms with Gasteiger partial charge < -0.3 is 9.47 Å². The van der Waals surface area contributed by atoms with E-state index in [0.717, 1.165) is 56.5 Å². The minimum absolute atomic E-state index is 0.386. The number of rotatable bonds is 8. The van der Waals surface area contributed by atoms with Crippen LogP contribution in [0.3, 0.4) is 0 Å². The molecule has 0 spiro atoms. The van der Waals surface area contributed by atoms with Crippen LogP contribution in [-0.4, -0.2) is 46.4 Å². The van der Waals surface area contributed by atoms with E-state index in [1.165, 1.54) is 0 Å². The van der Waals surface area contributed by atoms with Crippen LogP contribution < -0.4 is 9.47 Å². The van der Waals surface area contributed by atoms with Crippen LogP contribution in [0.2, 0.25) is 5.02 Å². The van der Waals surface area contributed by atoms with Crippen molar-refractivity contribution in [2.24, 2.45) is 4.99 Å². The normalized spacial score (nSPS) is 15.2. The number of benzene rings is 3. The largest absolute Gasteiger partial charge is 0.497 e. The zero-order valence-electron chi connectivity index (χ0n) is 19.3. The molecule has 178 valence electrons. The van der Waals surface area contributed by atoms with E-state index in [0.29, 0.717) is 10.3 Å². The minimum Gasteiger partial charge on any atom is -0.497 e. The van der Waals surface area contributed by atoms with Crippen LogP contribution in [0.1, 0.15) is 5.56 Å². The molecule has 0 saturated carbocycles. The highest BCUT2D eigenvalue weighted by atomic mass is 35.5. The highest BCUT2D eigenvalue weighted by molar-refractivity contribution is 8.16. The molecule has 1 aliphatic heterocycles. The lowest BCUT2D eigenvalue weighted by atomic mass is 10.1. The number of methoxy groups -OCH3 is 2. The van der Waals surface area contributed by atoms with Gasteiger partial charge in [-0.1, -0.05) is 35.5 Å². The Kier molecular flexibility index (Phi) is 7.37. The monoisotopic (exact) mass is 521 g/mol. The van der Waals surface area contributed by atoms with Gasteiger partial charge in [0.25, 0.3) is 0 Å². The maximum absolute atomic E-state index is 6.13. The van der Waals surface area contributed by atoms with Crippen molar-refractivity contribution in [1.29, 1.82) is 0 Å². The summed E-state index contributed by atoms with van der Waals surface area (Å²) in [6, 6.07) is 24.0. The molecular weight excluding hydrogens is 498 g/mol. The van der Waals surface area contributed by atoms with Crippen LogP contribution in [0, 0.1) is 0 Å². The van der Waals surface area contributed by atoms with Gasteiger partial charge in [0.2, 0.25) is 0 Å². The quantitative estimate of drug-likeness (QED) is 0.237. The second-order valence-corrected chi connectivity index (χ2v) is 10.6. The third-order valence-corrected chi connectivity index (χ3v) is 8.47. The molecule has 5 nitrogen and oxygen atoms in total. The van der Waals surface area contributed by atoms with E-state index >= 15 is 0 Å². The maximum atomic E-state index is 6.13. The van der Waals surface area contributed by atoms with Gasteiger partial charge in [-0.25, -0.2) is 4.98 Å². The van der Waals surface area contributed by atoms with Crippen LogP contribution in [0.15, 0.2) is 89.1 Å². The number of aliphatic imine (C=N–C) groups is 1. The lowest BCUT2D eigenvalue weighted by molar-refractivity contribution is 0.414. The lowest BCUT2D eigenvalue weighted by Crippen LogP contribution is -2.08. The Labute approximate surface area is 218 Å². The van der Waals surface area contributed by atoms with Crippen molar-refractivity contribution < 1.29 is 9.47 Å². The Bertz CT molecular complexity index is 1320. The van der Waals surface area contributed by atoms with E-state index in [4.69, 9.17) is 31.1 Å². The van der Waals surface area contributed by atoms with Crippen LogP contribution in [-0.2, 0) is 0 Å². The zero-order valence-corrected chi connectivity index (χ0v) is 21.7. The van der Waals surface area contributed by atoms with Gasteiger partial charge in [-0.05, 0) is 60.7 Å². The SMILES string of the molecule is COc1ccc(C2=NCC(CSc3ncc(-c4ccc(Cl)cc4)n3-c3ccc(OC)cc3)S2)cc1. The Hall–Kier alpha value is -2.87. The van der Waals surface area contributed by atoms with Crippen LogP contribution in [0.25, 0.3) is 16.9 Å². The first-order chi connectivity index (χ1) is 17.1. The fourth-order valence-electron chi connectivity index (χ4n) is 3.81. The van der Waals surface area contributed by atoms with Gasteiger partial charge in [-0.2, -0.15) is 0 Å². The molecule has 2 heterocycles. The van der Waals surface area contributed by atoms with Crippen molar-refractivity contribution in [3.05, 3.63) is 89.6 Å². The fourth-order valence-corrected chi connectivity index (χ4v) is 6.19. The van der Waals surface area contributed by atoms with Crippen LogP contribution >= 0.6 is 35.1 Å². The molecule has 4 aromatic rings. The molecule has 0 fully saturated rings. The van der Waals surface area contributed by atoms with E-state index in [2.05, 4.69) is 28.8 Å². The van der Waals surface area contributed by atoms with Gasteiger partial charge in [0.1, 0.15) is 11.5 Å². The predicted octanol–water partition coefficient (Wildman–Crippen LogP) is 6.86. The van der Waals surface area contributed by atoms with Crippen molar-refractivity contribution in [2.45, 2.75) is 10.4 Å². The summed E-state index contributed by atoms with van der Waals surface area (Å²) in [5.41, 5.74) is 4.24. The fraction of sp³-hybridized carbons (Fsp3) is 0.185. The van der Waals surface area contributed by atoms with Gasteiger partial charge in [0.05, 0.1) is 37.7 Å². The number of hydrogen-bond donors (Lipinski definition) is 0. The van der Waals surface area contributed by atoms with Crippen molar-refractivity contribution >= 4 is 40.2 Å². The van der Waals surface area contributed by atoms with Gasteiger partial charge in [-0.15, -0.1) is 11.8 Å². The molecule has 35 heavy (non-hydrogen) atoms. The first kappa shape index (κ1) is 23.9. The zero-order chi connectivity index (χ0) is 24.2. The summed E-state index contributed by atoms with van der Waals surface area (Å²) in [6.45, 7) is 0.798. The number of aromatic nitrogens is 2. The van der Waals surface area contributed by atoms with E-state index in [9.17, 15) is 0 Å². The average Bonchev–Trinajstić information content (AvgIpc) is 3.55. The van der Waals surface area contributed by atoms with Crippen molar-refractivity contribution in [3.63, 3.8) is 0 Å². The highest BCUT2D eigenvalue weighted by Crippen LogP contribution is 2.34. The maximum Gasteiger partial charge on any atom is 0.173 e. The second-order valence-electron chi connectivity index (χ2n) is 7.89. The Balaban J connectivity index is 1.35. The van der Waals surface area contributed by atoms with Crippen molar-refractivity contribution in [1.82, 2.24) is 9.55 Å². The number of nitrogens with zero attached hydrogens (tertiary/aromatic N) is 3. The molecule has 3 aromatic carbocycles. The average molecular weight is 522 g/mol. The Morgan fingerprint density at radius 1 is 0.914 bits per heavy atom. The first-order valence-corrected chi connectivity index (χ1v) is 13.4. The molecule has 5 rings (SSSR count). The van der Waals surface area contributed by atoms with Gasteiger partial charge in [-0.3, -0.25) is 9.56 Å². The molecule has 1 atom stereocenters. The van der Waals surface area contributed by atoms with E-state index in [1.807, 2.05) is 66.5 Å². The lowest BCUT2D eigenvalue weighted by Gasteiger charge is -2.14. The van der Waals surface area contributed by atoms with Gasteiger partial charge in [0.15, 0.2) is 5.16 Å². The summed E-state index contributed by atoms with van der Waals surface area (Å²) in [4.78, 5) is 9.58. The standard InChI is InChI=1S/C27H24ClN3O2S2/c1-32-22-11-5-19(6-12-22)26-29-15-24(35-26)17-34-27-30-16-25(18-3-7-20(28)8-4-18)31(27)21-9-13-23(33-2)14-10-21/h3-14,16,24H,15,17H2,1-2H3. The minimum atomic E-state index is 0.386. The summed E-state index contributed by atoms with van der Waals surface area (Å²) < 4.78 is 12.8.